The van der Waals surface area contributed by atoms with Crippen molar-refractivity contribution in [2.24, 2.45) is 0 Å². The zero-order valence-electron chi connectivity index (χ0n) is 16.1. The van der Waals surface area contributed by atoms with Crippen molar-refractivity contribution in [2.45, 2.75) is 23.2 Å². The van der Waals surface area contributed by atoms with Crippen molar-refractivity contribution < 1.29 is 30.8 Å². The molecule has 10 heteroatoms. The van der Waals surface area contributed by atoms with Gasteiger partial charge in [-0.25, -0.2) is 12.8 Å². The number of halogens is 4. The Bertz CT molecular complexity index is 1170. The molecule has 1 heterocycles. The average molecular weight is 471 g/mol. The van der Waals surface area contributed by atoms with E-state index in [-0.39, 0.29) is 22.6 Å². The van der Waals surface area contributed by atoms with Crippen molar-refractivity contribution in [1.82, 2.24) is 5.32 Å². The summed E-state index contributed by atoms with van der Waals surface area (Å²) in [5, 5.41) is 3.02. The van der Waals surface area contributed by atoms with E-state index in [1.807, 2.05) is 0 Å². The van der Waals surface area contributed by atoms with Crippen LogP contribution in [0.5, 0.6) is 0 Å². The second-order valence-corrected chi connectivity index (χ2v) is 9.85. The van der Waals surface area contributed by atoms with Crippen LogP contribution >= 0.6 is 11.3 Å². The van der Waals surface area contributed by atoms with Gasteiger partial charge in [0, 0.05) is 17.0 Å². The van der Waals surface area contributed by atoms with Gasteiger partial charge in [-0.3, -0.25) is 4.79 Å². The number of carbonyl (C=O) groups excluding carboxylic acids is 1. The van der Waals surface area contributed by atoms with Gasteiger partial charge >= 0.3 is 6.18 Å². The first-order chi connectivity index (χ1) is 14.5. The second-order valence-electron chi connectivity index (χ2n) is 6.75. The molecule has 31 heavy (non-hydrogen) atoms. The smallest absolute Gasteiger partial charge is 0.350 e. The van der Waals surface area contributed by atoms with Crippen molar-refractivity contribution in [2.75, 3.05) is 6.54 Å². The van der Waals surface area contributed by atoms with E-state index in [0.717, 1.165) is 36.4 Å². The molecule has 0 saturated carbocycles. The fraction of sp³-hybridized carbons (Fsp3) is 0.190. The maximum atomic E-state index is 13.6. The largest absolute Gasteiger partial charge is 0.416 e. The first-order valence-corrected chi connectivity index (χ1v) is 11.4. The van der Waals surface area contributed by atoms with Crippen molar-refractivity contribution in [3.05, 3.63) is 87.4 Å². The van der Waals surface area contributed by atoms with Gasteiger partial charge in [-0.2, -0.15) is 13.2 Å². The Morgan fingerprint density at radius 3 is 2.32 bits per heavy atom. The van der Waals surface area contributed by atoms with E-state index in [1.54, 1.807) is 17.5 Å². The molecule has 0 unspecified atom stereocenters. The number of nitrogens with one attached hydrogen (secondary N) is 1. The second kappa shape index (κ2) is 8.80. The van der Waals surface area contributed by atoms with Gasteiger partial charge in [0.1, 0.15) is 11.1 Å². The van der Waals surface area contributed by atoms with Gasteiger partial charge in [0.2, 0.25) is 0 Å². The Balaban J connectivity index is 1.84. The molecule has 1 aromatic heterocycles. The molecule has 0 radical (unpaired) electrons. The third-order valence-corrected chi connectivity index (χ3v) is 7.83. The molecule has 0 fully saturated rings. The lowest BCUT2D eigenvalue weighted by molar-refractivity contribution is -0.137. The highest BCUT2D eigenvalue weighted by Gasteiger charge is 2.32. The van der Waals surface area contributed by atoms with Gasteiger partial charge in [-0.1, -0.05) is 6.07 Å². The van der Waals surface area contributed by atoms with Gasteiger partial charge in [0.05, 0.1) is 10.5 Å². The minimum Gasteiger partial charge on any atom is -0.350 e. The highest BCUT2D eigenvalue weighted by Crippen LogP contribution is 2.32. The van der Waals surface area contributed by atoms with Crippen molar-refractivity contribution >= 4 is 27.1 Å². The zero-order chi connectivity index (χ0) is 22.8. The lowest BCUT2D eigenvalue weighted by Crippen LogP contribution is -2.31. The van der Waals surface area contributed by atoms with Crippen LogP contribution < -0.4 is 5.32 Å². The summed E-state index contributed by atoms with van der Waals surface area (Å²) in [4.78, 5) is 12.8. The molecule has 1 atom stereocenters. The summed E-state index contributed by atoms with van der Waals surface area (Å²) in [6, 6.07) is 10.3. The van der Waals surface area contributed by atoms with Gasteiger partial charge < -0.3 is 5.32 Å². The van der Waals surface area contributed by atoms with Crippen molar-refractivity contribution in [3.63, 3.8) is 0 Å². The van der Waals surface area contributed by atoms with Crippen LogP contribution in [0.2, 0.25) is 0 Å². The molecule has 3 aromatic rings. The van der Waals surface area contributed by atoms with Crippen molar-refractivity contribution in [3.8, 4) is 0 Å². The number of alkyl halides is 3. The number of rotatable bonds is 6. The number of amides is 1. The molecule has 0 saturated heterocycles. The van der Waals surface area contributed by atoms with Crippen LogP contribution in [0.25, 0.3) is 0 Å². The molecule has 1 amide bonds. The number of hydrogen-bond acceptors (Lipinski definition) is 4. The standard InChI is InChI=1S/C21H17F4NO3S2/c1-13-11-16(8-9-17(13)22)31(28,29)19(18-3-2-10-30-18)12-26-20(27)14-4-6-15(7-5-14)21(23,24)25/h2-11,19H,12H2,1H3,(H,26,27)/t19-/m0/s1. The third-order valence-electron chi connectivity index (χ3n) is 4.62. The average Bonchev–Trinajstić information content (AvgIpc) is 3.23. The number of benzene rings is 2. The van der Waals surface area contributed by atoms with Crippen LogP contribution in [-0.2, 0) is 16.0 Å². The fourth-order valence-corrected chi connectivity index (χ4v) is 5.76. The van der Waals surface area contributed by atoms with Crippen LogP contribution in [0.3, 0.4) is 0 Å². The topological polar surface area (TPSA) is 63.2 Å². The van der Waals surface area contributed by atoms with Crippen LogP contribution in [0.1, 0.15) is 31.6 Å². The van der Waals surface area contributed by atoms with E-state index in [0.29, 0.717) is 4.88 Å². The van der Waals surface area contributed by atoms with Gasteiger partial charge in [-0.15, -0.1) is 11.3 Å². The first-order valence-electron chi connectivity index (χ1n) is 8.99. The van der Waals surface area contributed by atoms with E-state index in [1.165, 1.54) is 24.3 Å². The van der Waals surface area contributed by atoms with Crippen LogP contribution in [-0.4, -0.2) is 20.9 Å². The Morgan fingerprint density at radius 1 is 1.10 bits per heavy atom. The summed E-state index contributed by atoms with van der Waals surface area (Å²) in [5.74, 6) is -1.25. The maximum Gasteiger partial charge on any atom is 0.416 e. The third kappa shape index (κ3) is 5.13. The summed E-state index contributed by atoms with van der Waals surface area (Å²) in [5.41, 5.74) is -0.762. The fourth-order valence-electron chi connectivity index (χ4n) is 2.89. The molecule has 0 bridgehead atoms. The van der Waals surface area contributed by atoms with E-state index in [4.69, 9.17) is 0 Å². The predicted octanol–water partition coefficient (Wildman–Crippen LogP) is 5.16. The van der Waals surface area contributed by atoms with E-state index in [2.05, 4.69) is 5.32 Å². The Labute approximate surface area is 180 Å². The minimum absolute atomic E-state index is 0.0343. The highest BCUT2D eigenvalue weighted by molar-refractivity contribution is 7.91. The summed E-state index contributed by atoms with van der Waals surface area (Å²) < 4.78 is 78.1. The summed E-state index contributed by atoms with van der Waals surface area (Å²) >= 11 is 1.18. The minimum atomic E-state index is -4.53. The van der Waals surface area contributed by atoms with E-state index in [9.17, 15) is 30.8 Å². The SMILES string of the molecule is Cc1cc(S(=O)(=O)[C@@H](CNC(=O)c2ccc(C(F)(F)F)cc2)c2cccs2)ccc1F. The monoisotopic (exact) mass is 471 g/mol. The Hall–Kier alpha value is -2.72. The summed E-state index contributed by atoms with van der Waals surface area (Å²) in [6.45, 7) is 1.14. The lowest BCUT2D eigenvalue weighted by Gasteiger charge is -2.18. The van der Waals surface area contributed by atoms with Crippen LogP contribution in [0, 0.1) is 12.7 Å². The highest BCUT2D eigenvalue weighted by atomic mass is 32.2. The Kier molecular flexibility index (Phi) is 6.51. The number of carbonyl (C=O) groups is 1. The molecule has 2 aromatic carbocycles. The molecular formula is C21H17F4NO3S2. The molecular weight excluding hydrogens is 454 g/mol. The van der Waals surface area contributed by atoms with Gasteiger partial charge in [0.15, 0.2) is 9.84 Å². The Morgan fingerprint density at radius 2 is 1.77 bits per heavy atom. The molecule has 164 valence electrons. The molecule has 3 rings (SSSR count). The molecule has 0 aliphatic carbocycles. The molecule has 0 aliphatic heterocycles. The maximum absolute atomic E-state index is 13.6. The quantitative estimate of drug-likeness (QED) is 0.399. The predicted molar refractivity (Wildman–Crippen MR) is 109 cm³/mol. The molecule has 4 nitrogen and oxygen atoms in total. The zero-order valence-corrected chi connectivity index (χ0v) is 17.7. The van der Waals surface area contributed by atoms with Crippen LogP contribution in [0.15, 0.2) is 64.9 Å². The summed E-state index contributed by atoms with van der Waals surface area (Å²) in [6.07, 6.45) is -4.53. The number of aryl methyl sites for hydroxylation is 1. The molecule has 0 aliphatic rings. The van der Waals surface area contributed by atoms with Gasteiger partial charge in [-0.05, 0) is 66.4 Å². The van der Waals surface area contributed by atoms with E-state index < -0.39 is 38.6 Å². The van der Waals surface area contributed by atoms with E-state index >= 15 is 0 Å². The number of hydrogen-bond donors (Lipinski definition) is 1. The molecule has 1 N–H and O–H groups in total. The van der Waals surface area contributed by atoms with Crippen molar-refractivity contribution in [1.29, 1.82) is 0 Å². The van der Waals surface area contributed by atoms with Gasteiger partial charge in [0.25, 0.3) is 5.91 Å². The number of sulfone groups is 1. The first kappa shape index (κ1) is 23.0. The summed E-state index contributed by atoms with van der Waals surface area (Å²) in [7, 11) is -3.99. The number of thiophene rings is 1. The molecule has 0 spiro atoms. The lowest BCUT2D eigenvalue weighted by atomic mass is 10.1. The normalized spacial score (nSPS) is 13.1. The van der Waals surface area contributed by atoms with Crippen LogP contribution in [0.4, 0.5) is 17.6 Å².